The first kappa shape index (κ1) is 10.4. The molecule has 1 unspecified atom stereocenters. The van der Waals surface area contributed by atoms with Crippen molar-refractivity contribution in [1.82, 2.24) is 0 Å². The van der Waals surface area contributed by atoms with E-state index in [1.807, 2.05) is 19.9 Å². The van der Waals surface area contributed by atoms with Crippen molar-refractivity contribution in [1.29, 1.82) is 0 Å². The Hall–Kier alpha value is -0.590. The van der Waals surface area contributed by atoms with Crippen LogP contribution in [-0.2, 0) is 4.79 Å². The van der Waals surface area contributed by atoms with Crippen molar-refractivity contribution >= 4 is 5.78 Å². The molecule has 0 aliphatic rings. The Balaban J connectivity index is 3.84. The zero-order chi connectivity index (χ0) is 8.69. The van der Waals surface area contributed by atoms with Crippen LogP contribution in [-0.4, -0.2) is 5.78 Å². The fraction of sp³-hybridized carbons (Fsp3) is 0.700. The van der Waals surface area contributed by atoms with Gasteiger partial charge in [-0.3, -0.25) is 4.79 Å². The van der Waals surface area contributed by atoms with Gasteiger partial charge in [0.1, 0.15) is 5.78 Å². The maximum Gasteiger partial charge on any atom is 0.135 e. The minimum absolute atomic E-state index is 0.260. The summed E-state index contributed by atoms with van der Waals surface area (Å²) in [7, 11) is 0. The fourth-order valence-electron chi connectivity index (χ4n) is 1.11. The Morgan fingerprint density at radius 2 is 2.09 bits per heavy atom. The lowest BCUT2D eigenvalue weighted by Crippen LogP contribution is -2.11. The molecule has 0 heterocycles. The molecule has 1 heteroatoms. The van der Waals surface area contributed by atoms with E-state index in [-0.39, 0.29) is 5.92 Å². The molecule has 0 fully saturated rings. The molecule has 0 bridgehead atoms. The van der Waals surface area contributed by atoms with E-state index in [0.717, 1.165) is 12.8 Å². The molecule has 0 aromatic heterocycles. The third kappa shape index (κ3) is 3.97. The maximum absolute atomic E-state index is 11.2. The largest absolute Gasteiger partial charge is 0.299 e. The van der Waals surface area contributed by atoms with Crippen LogP contribution in [0.1, 0.15) is 40.0 Å². The summed E-state index contributed by atoms with van der Waals surface area (Å²) in [5.41, 5.74) is 0. The van der Waals surface area contributed by atoms with E-state index in [1.54, 1.807) is 0 Å². The number of hydrogen-bond donors (Lipinski definition) is 0. The zero-order valence-corrected chi connectivity index (χ0v) is 7.76. The molecule has 0 aliphatic carbocycles. The van der Waals surface area contributed by atoms with Crippen LogP contribution >= 0.6 is 0 Å². The van der Waals surface area contributed by atoms with E-state index in [2.05, 4.69) is 13.0 Å². The summed E-state index contributed by atoms with van der Waals surface area (Å²) in [5.74, 6) is 0.654. The van der Waals surface area contributed by atoms with E-state index >= 15 is 0 Å². The summed E-state index contributed by atoms with van der Waals surface area (Å²) < 4.78 is 0. The van der Waals surface area contributed by atoms with E-state index in [0.29, 0.717) is 12.2 Å². The third-order valence-corrected chi connectivity index (χ3v) is 1.95. The highest BCUT2D eigenvalue weighted by atomic mass is 16.1. The first-order valence-corrected chi connectivity index (χ1v) is 4.40. The highest BCUT2D eigenvalue weighted by Gasteiger charge is 2.11. The molecule has 0 rings (SSSR count). The van der Waals surface area contributed by atoms with Crippen LogP contribution in [0.15, 0.2) is 12.2 Å². The Morgan fingerprint density at radius 3 is 2.45 bits per heavy atom. The number of carbonyl (C=O) groups excluding carboxylic acids is 1. The van der Waals surface area contributed by atoms with E-state index in [1.165, 1.54) is 0 Å². The van der Waals surface area contributed by atoms with E-state index in [9.17, 15) is 4.79 Å². The second kappa shape index (κ2) is 6.14. The molecule has 0 spiro atoms. The van der Waals surface area contributed by atoms with Crippen molar-refractivity contribution < 1.29 is 4.79 Å². The molecule has 0 aromatic rings. The SMILES string of the molecule is C/C=C/CC(CC)C(=O)CC. The average molecular weight is 154 g/mol. The number of hydrogen-bond acceptors (Lipinski definition) is 1. The van der Waals surface area contributed by atoms with Gasteiger partial charge in [-0.15, -0.1) is 0 Å². The van der Waals surface area contributed by atoms with Crippen LogP contribution in [0.5, 0.6) is 0 Å². The van der Waals surface area contributed by atoms with Gasteiger partial charge < -0.3 is 0 Å². The summed E-state index contributed by atoms with van der Waals surface area (Å²) >= 11 is 0. The Morgan fingerprint density at radius 1 is 1.45 bits per heavy atom. The first-order chi connectivity index (χ1) is 5.26. The summed E-state index contributed by atoms with van der Waals surface area (Å²) in [6.45, 7) is 5.99. The average Bonchev–Trinajstić information content (AvgIpc) is 2.05. The van der Waals surface area contributed by atoms with Crippen molar-refractivity contribution in [2.75, 3.05) is 0 Å². The van der Waals surface area contributed by atoms with Gasteiger partial charge in [-0.2, -0.15) is 0 Å². The van der Waals surface area contributed by atoms with Crippen LogP contribution in [0.25, 0.3) is 0 Å². The number of Topliss-reactive ketones (excluding diaryl/α,β-unsaturated/α-hetero) is 1. The highest BCUT2D eigenvalue weighted by molar-refractivity contribution is 5.80. The molecule has 0 saturated carbocycles. The molecule has 1 atom stereocenters. The van der Waals surface area contributed by atoms with Gasteiger partial charge in [0.05, 0.1) is 0 Å². The summed E-state index contributed by atoms with van der Waals surface area (Å²) in [6, 6.07) is 0. The number of carbonyl (C=O) groups is 1. The quantitative estimate of drug-likeness (QED) is 0.556. The normalized spacial score (nSPS) is 13.7. The van der Waals surface area contributed by atoms with Gasteiger partial charge in [0.15, 0.2) is 0 Å². The molecular weight excluding hydrogens is 136 g/mol. The van der Waals surface area contributed by atoms with Gasteiger partial charge in [0.2, 0.25) is 0 Å². The van der Waals surface area contributed by atoms with Crippen LogP contribution < -0.4 is 0 Å². The summed E-state index contributed by atoms with van der Waals surface area (Å²) in [4.78, 5) is 11.2. The van der Waals surface area contributed by atoms with Crippen LogP contribution in [0.4, 0.5) is 0 Å². The molecular formula is C10H18O. The molecule has 11 heavy (non-hydrogen) atoms. The lowest BCUT2D eigenvalue weighted by molar-refractivity contribution is -0.122. The maximum atomic E-state index is 11.2. The monoisotopic (exact) mass is 154 g/mol. The molecule has 0 radical (unpaired) electrons. The van der Waals surface area contributed by atoms with Gasteiger partial charge in [0, 0.05) is 12.3 Å². The van der Waals surface area contributed by atoms with Crippen LogP contribution in [0.3, 0.4) is 0 Å². The number of allylic oxidation sites excluding steroid dienone is 2. The zero-order valence-electron chi connectivity index (χ0n) is 7.76. The Kier molecular flexibility index (Phi) is 5.81. The van der Waals surface area contributed by atoms with Gasteiger partial charge in [-0.25, -0.2) is 0 Å². The lowest BCUT2D eigenvalue weighted by Gasteiger charge is -2.08. The molecule has 0 saturated heterocycles. The second-order valence-corrected chi connectivity index (χ2v) is 2.73. The number of ketones is 1. The summed E-state index contributed by atoms with van der Waals surface area (Å²) in [5, 5.41) is 0. The van der Waals surface area contributed by atoms with Gasteiger partial charge >= 0.3 is 0 Å². The summed E-state index contributed by atoms with van der Waals surface area (Å²) in [6.07, 6.45) is 6.64. The fourth-order valence-corrected chi connectivity index (χ4v) is 1.11. The van der Waals surface area contributed by atoms with Crippen molar-refractivity contribution in [3.05, 3.63) is 12.2 Å². The van der Waals surface area contributed by atoms with Crippen molar-refractivity contribution in [2.24, 2.45) is 5.92 Å². The van der Waals surface area contributed by atoms with Gasteiger partial charge in [0.25, 0.3) is 0 Å². The minimum Gasteiger partial charge on any atom is -0.299 e. The molecule has 0 aliphatic heterocycles. The predicted molar refractivity (Wildman–Crippen MR) is 48.5 cm³/mol. The molecule has 64 valence electrons. The first-order valence-electron chi connectivity index (χ1n) is 4.40. The predicted octanol–water partition coefficient (Wildman–Crippen LogP) is 2.96. The van der Waals surface area contributed by atoms with Crippen molar-refractivity contribution in [3.63, 3.8) is 0 Å². The molecule has 0 N–H and O–H groups in total. The number of rotatable bonds is 5. The van der Waals surface area contributed by atoms with Crippen molar-refractivity contribution in [2.45, 2.75) is 40.0 Å². The molecule has 0 amide bonds. The highest BCUT2D eigenvalue weighted by Crippen LogP contribution is 2.11. The van der Waals surface area contributed by atoms with E-state index in [4.69, 9.17) is 0 Å². The smallest absolute Gasteiger partial charge is 0.135 e. The van der Waals surface area contributed by atoms with Crippen LogP contribution in [0, 0.1) is 5.92 Å². The second-order valence-electron chi connectivity index (χ2n) is 2.73. The van der Waals surface area contributed by atoms with Gasteiger partial charge in [-0.1, -0.05) is 26.0 Å². The molecule has 0 aromatic carbocycles. The molecule has 1 nitrogen and oxygen atoms in total. The van der Waals surface area contributed by atoms with E-state index < -0.39 is 0 Å². The topological polar surface area (TPSA) is 17.1 Å². The van der Waals surface area contributed by atoms with Crippen LogP contribution in [0.2, 0.25) is 0 Å². The Bertz CT molecular complexity index is 136. The standard InChI is InChI=1S/C10H18O/c1-4-7-8-9(5-2)10(11)6-3/h4,7,9H,5-6,8H2,1-3H3/b7-4+. The van der Waals surface area contributed by atoms with Crippen molar-refractivity contribution in [3.8, 4) is 0 Å². The lowest BCUT2D eigenvalue weighted by atomic mass is 9.95. The Labute approximate surface area is 69.5 Å². The van der Waals surface area contributed by atoms with Gasteiger partial charge in [-0.05, 0) is 19.8 Å². The minimum atomic E-state index is 0.260. The third-order valence-electron chi connectivity index (χ3n) is 1.95.